The van der Waals surface area contributed by atoms with Crippen LogP contribution in [0.4, 0.5) is 5.69 Å². The number of aromatic nitrogens is 2. The molecule has 0 amide bonds. The minimum Gasteiger partial charge on any atom is -0.262 e. The number of hydrogen-bond acceptors (Lipinski definition) is 3. The van der Waals surface area contributed by atoms with Gasteiger partial charge in [-0.05, 0) is 32.1 Å². The van der Waals surface area contributed by atoms with Gasteiger partial charge in [0.25, 0.3) is 0 Å². The van der Waals surface area contributed by atoms with Crippen LogP contribution in [0.25, 0.3) is 0 Å². The predicted octanol–water partition coefficient (Wildman–Crippen LogP) is 2.97. The van der Waals surface area contributed by atoms with Crippen molar-refractivity contribution < 1.29 is 4.92 Å². The van der Waals surface area contributed by atoms with Gasteiger partial charge in [0.1, 0.15) is 11.4 Å². The van der Waals surface area contributed by atoms with Crippen molar-refractivity contribution in [3.63, 3.8) is 0 Å². The summed E-state index contributed by atoms with van der Waals surface area (Å²) < 4.78 is 1.80. The van der Waals surface area contributed by atoms with E-state index in [1.807, 2.05) is 0 Å². The Bertz CT molecular complexity index is 446. The smallest absolute Gasteiger partial charge is 0.262 e. The lowest BCUT2D eigenvalue weighted by Crippen LogP contribution is -2.36. The molecule has 94 valence electrons. The maximum absolute atomic E-state index is 10.9. The van der Waals surface area contributed by atoms with E-state index in [2.05, 4.69) is 21.0 Å². The van der Waals surface area contributed by atoms with Crippen LogP contribution in [0.5, 0.6) is 0 Å². The molecule has 2 rings (SSSR count). The highest BCUT2D eigenvalue weighted by molar-refractivity contribution is 9.09. The van der Waals surface area contributed by atoms with Crippen LogP contribution in [-0.2, 0) is 6.54 Å². The number of nitrogens with zero attached hydrogens (tertiary/aromatic N) is 3. The van der Waals surface area contributed by atoms with Crippen molar-refractivity contribution in [1.82, 2.24) is 9.78 Å². The van der Waals surface area contributed by atoms with Crippen molar-refractivity contribution in [2.24, 2.45) is 5.41 Å². The molecule has 6 heteroatoms. The van der Waals surface area contributed by atoms with Crippen molar-refractivity contribution in [3.05, 3.63) is 21.5 Å². The van der Waals surface area contributed by atoms with E-state index < -0.39 is 0 Å². The Morgan fingerprint density at radius 3 is 2.53 bits per heavy atom. The first-order valence-electron chi connectivity index (χ1n) is 5.73. The molecule has 1 aromatic rings. The summed E-state index contributed by atoms with van der Waals surface area (Å²) in [7, 11) is 0. The third-order valence-corrected chi connectivity index (χ3v) is 4.90. The molecule has 0 N–H and O–H groups in total. The molecule has 17 heavy (non-hydrogen) atoms. The summed E-state index contributed by atoms with van der Waals surface area (Å²) in [5.74, 6) is 0. The second kappa shape index (κ2) is 4.40. The van der Waals surface area contributed by atoms with Gasteiger partial charge in [0.15, 0.2) is 0 Å². The van der Waals surface area contributed by atoms with Crippen LogP contribution in [0.15, 0.2) is 0 Å². The molecule has 0 saturated heterocycles. The zero-order valence-corrected chi connectivity index (χ0v) is 11.7. The van der Waals surface area contributed by atoms with Gasteiger partial charge in [-0.3, -0.25) is 14.8 Å². The molecule has 0 unspecified atom stereocenters. The Labute approximate surface area is 108 Å². The second-order valence-electron chi connectivity index (χ2n) is 4.92. The Morgan fingerprint density at radius 1 is 1.53 bits per heavy atom. The van der Waals surface area contributed by atoms with E-state index in [4.69, 9.17) is 0 Å². The molecule has 0 aromatic carbocycles. The molecule has 1 fully saturated rings. The van der Waals surface area contributed by atoms with Crippen LogP contribution < -0.4 is 0 Å². The molecule has 0 radical (unpaired) electrons. The van der Waals surface area contributed by atoms with Gasteiger partial charge in [0.2, 0.25) is 0 Å². The first-order valence-corrected chi connectivity index (χ1v) is 6.86. The molecule has 1 aromatic heterocycles. The van der Waals surface area contributed by atoms with Crippen LogP contribution in [0, 0.1) is 29.4 Å². The summed E-state index contributed by atoms with van der Waals surface area (Å²) in [6.45, 7) is 4.25. The van der Waals surface area contributed by atoms with E-state index >= 15 is 0 Å². The zero-order valence-electron chi connectivity index (χ0n) is 10.1. The number of hydrogen-bond donors (Lipinski definition) is 0. The zero-order chi connectivity index (χ0) is 12.6. The van der Waals surface area contributed by atoms with Crippen LogP contribution in [0.2, 0.25) is 0 Å². The van der Waals surface area contributed by atoms with Crippen molar-refractivity contribution in [2.75, 3.05) is 5.33 Å². The minimum absolute atomic E-state index is 0.161. The van der Waals surface area contributed by atoms with Crippen LogP contribution in [0.1, 0.15) is 30.7 Å². The number of rotatable bonds is 4. The molecule has 0 atom stereocenters. The van der Waals surface area contributed by atoms with Crippen molar-refractivity contribution >= 4 is 21.6 Å². The number of nitro groups is 1. The Hall–Kier alpha value is -0.910. The lowest BCUT2D eigenvalue weighted by Gasteiger charge is -2.40. The molecule has 0 aliphatic heterocycles. The summed E-state index contributed by atoms with van der Waals surface area (Å²) in [6, 6.07) is 0. The molecule has 1 aliphatic carbocycles. The summed E-state index contributed by atoms with van der Waals surface area (Å²) in [5, 5.41) is 16.2. The fourth-order valence-corrected chi connectivity index (χ4v) is 3.17. The summed E-state index contributed by atoms with van der Waals surface area (Å²) >= 11 is 3.54. The maximum atomic E-state index is 10.9. The fourth-order valence-electron chi connectivity index (χ4n) is 2.43. The van der Waals surface area contributed by atoms with E-state index in [1.54, 1.807) is 18.5 Å². The Kier molecular flexibility index (Phi) is 3.25. The minimum atomic E-state index is -0.338. The second-order valence-corrected chi connectivity index (χ2v) is 5.48. The maximum Gasteiger partial charge on any atom is 0.312 e. The Morgan fingerprint density at radius 2 is 2.18 bits per heavy atom. The largest absolute Gasteiger partial charge is 0.312 e. The topological polar surface area (TPSA) is 61.0 Å². The number of aryl methyl sites for hydroxylation is 1. The third kappa shape index (κ3) is 2.10. The highest BCUT2D eigenvalue weighted by atomic mass is 79.9. The highest BCUT2D eigenvalue weighted by Gasteiger charge is 2.37. The molecule has 1 heterocycles. The van der Waals surface area contributed by atoms with Gasteiger partial charge in [-0.1, -0.05) is 22.4 Å². The average molecular weight is 302 g/mol. The molecule has 1 aliphatic rings. The number of halogens is 1. The van der Waals surface area contributed by atoms with E-state index in [9.17, 15) is 10.1 Å². The molecule has 0 spiro atoms. The quantitative estimate of drug-likeness (QED) is 0.488. The normalized spacial score (nSPS) is 17.8. The van der Waals surface area contributed by atoms with Crippen molar-refractivity contribution in [2.45, 2.75) is 39.7 Å². The van der Waals surface area contributed by atoms with Gasteiger partial charge < -0.3 is 0 Å². The van der Waals surface area contributed by atoms with Crippen LogP contribution >= 0.6 is 15.9 Å². The SMILES string of the molecule is Cc1nn(CC2(CBr)CCC2)c(C)c1[N+](=O)[O-]. The summed E-state index contributed by atoms with van der Waals surface area (Å²) in [6.07, 6.45) is 3.59. The van der Waals surface area contributed by atoms with E-state index in [0.717, 1.165) is 11.9 Å². The van der Waals surface area contributed by atoms with Gasteiger partial charge in [-0.2, -0.15) is 5.10 Å². The first-order chi connectivity index (χ1) is 7.99. The summed E-state index contributed by atoms with van der Waals surface area (Å²) in [4.78, 5) is 10.6. The fraction of sp³-hybridized carbons (Fsp3) is 0.727. The lowest BCUT2D eigenvalue weighted by atomic mass is 9.70. The van der Waals surface area contributed by atoms with Crippen molar-refractivity contribution in [1.29, 1.82) is 0 Å². The van der Waals surface area contributed by atoms with E-state index in [0.29, 0.717) is 11.4 Å². The van der Waals surface area contributed by atoms with Gasteiger partial charge >= 0.3 is 5.69 Å². The first kappa shape index (κ1) is 12.5. The molecule has 1 saturated carbocycles. The average Bonchev–Trinajstić information content (AvgIpc) is 2.47. The standard InChI is InChI=1S/C11H16BrN3O2/c1-8-10(15(16)17)9(2)14(13-8)7-11(6-12)4-3-5-11/h3-7H2,1-2H3. The van der Waals surface area contributed by atoms with E-state index in [1.165, 1.54) is 19.3 Å². The predicted molar refractivity (Wildman–Crippen MR) is 68.4 cm³/mol. The van der Waals surface area contributed by atoms with Gasteiger partial charge in [0.05, 0.1) is 4.92 Å². The lowest BCUT2D eigenvalue weighted by molar-refractivity contribution is -0.386. The molecule has 0 bridgehead atoms. The van der Waals surface area contributed by atoms with Gasteiger partial charge in [0, 0.05) is 11.9 Å². The molecular formula is C11H16BrN3O2. The number of alkyl halides is 1. The third-order valence-electron chi connectivity index (χ3n) is 3.71. The van der Waals surface area contributed by atoms with Crippen molar-refractivity contribution in [3.8, 4) is 0 Å². The molecular weight excluding hydrogens is 286 g/mol. The highest BCUT2D eigenvalue weighted by Crippen LogP contribution is 2.44. The summed E-state index contributed by atoms with van der Waals surface area (Å²) in [5.41, 5.74) is 1.59. The van der Waals surface area contributed by atoms with Crippen LogP contribution in [0.3, 0.4) is 0 Å². The van der Waals surface area contributed by atoms with Gasteiger partial charge in [-0.15, -0.1) is 0 Å². The van der Waals surface area contributed by atoms with Gasteiger partial charge in [-0.25, -0.2) is 0 Å². The Balaban J connectivity index is 2.28. The van der Waals surface area contributed by atoms with E-state index in [-0.39, 0.29) is 16.0 Å². The van der Waals surface area contributed by atoms with Crippen LogP contribution in [-0.4, -0.2) is 20.0 Å². The molecule has 5 nitrogen and oxygen atoms in total. The monoisotopic (exact) mass is 301 g/mol.